The number of carbonyl (C=O) groups excluding carboxylic acids is 1. The van der Waals surface area contributed by atoms with Crippen LogP contribution < -0.4 is 0 Å². The summed E-state index contributed by atoms with van der Waals surface area (Å²) in [5.41, 5.74) is 1.01. The molecular weight excluding hydrogens is 296 g/mol. The zero-order valence-corrected chi connectivity index (χ0v) is 13.9. The number of halogens is 1. The van der Waals surface area contributed by atoms with E-state index in [0.29, 0.717) is 17.5 Å². The summed E-state index contributed by atoms with van der Waals surface area (Å²) in [5.74, 6) is 0.240. The Kier molecular flexibility index (Phi) is 5.37. The highest BCUT2D eigenvalue weighted by atomic mass is 35.5. The van der Waals surface area contributed by atoms with E-state index in [2.05, 4.69) is 9.80 Å². The van der Waals surface area contributed by atoms with E-state index >= 15 is 0 Å². The van der Waals surface area contributed by atoms with E-state index in [-0.39, 0.29) is 5.91 Å². The van der Waals surface area contributed by atoms with Gasteiger partial charge < -0.3 is 9.80 Å². The lowest BCUT2D eigenvalue weighted by Crippen LogP contribution is -2.36. The molecule has 22 heavy (non-hydrogen) atoms. The normalized spacial score (nSPS) is 23.5. The number of carbonyl (C=O) groups is 1. The molecule has 3 rings (SSSR count). The molecule has 0 bridgehead atoms. The molecule has 4 heteroatoms. The third kappa shape index (κ3) is 4.02. The molecule has 0 radical (unpaired) electrons. The van der Waals surface area contributed by atoms with E-state index in [0.717, 1.165) is 31.5 Å². The molecule has 1 atom stereocenters. The standard InChI is InChI=1S/C18H25ClN2O/c19-16-6-3-5-15(13-16)14-18(22)21-11-4-7-17(8-12-21)20-9-1-2-10-20/h3,5-6,13,17H,1-2,4,7-12,14H2. The van der Waals surface area contributed by atoms with Gasteiger partial charge in [-0.15, -0.1) is 0 Å². The van der Waals surface area contributed by atoms with Crippen molar-refractivity contribution in [1.82, 2.24) is 9.80 Å². The maximum absolute atomic E-state index is 12.5. The smallest absolute Gasteiger partial charge is 0.226 e. The molecule has 120 valence electrons. The average molecular weight is 321 g/mol. The molecule has 1 unspecified atom stereocenters. The second kappa shape index (κ2) is 7.47. The first-order valence-electron chi connectivity index (χ1n) is 8.48. The topological polar surface area (TPSA) is 23.6 Å². The highest BCUT2D eigenvalue weighted by Gasteiger charge is 2.26. The number of benzene rings is 1. The van der Waals surface area contributed by atoms with Gasteiger partial charge in [-0.05, 0) is 62.9 Å². The Morgan fingerprint density at radius 2 is 1.91 bits per heavy atom. The molecule has 2 saturated heterocycles. The molecule has 3 nitrogen and oxygen atoms in total. The third-order valence-corrected chi connectivity index (χ3v) is 5.19. The highest BCUT2D eigenvalue weighted by molar-refractivity contribution is 6.30. The van der Waals surface area contributed by atoms with Gasteiger partial charge in [0.1, 0.15) is 0 Å². The van der Waals surface area contributed by atoms with Crippen LogP contribution in [0.15, 0.2) is 24.3 Å². The van der Waals surface area contributed by atoms with Gasteiger partial charge in [0.25, 0.3) is 0 Å². The summed E-state index contributed by atoms with van der Waals surface area (Å²) in [5, 5.41) is 0.704. The quantitative estimate of drug-likeness (QED) is 0.852. The Balaban J connectivity index is 1.54. The lowest BCUT2D eigenvalue weighted by molar-refractivity contribution is -0.130. The first-order chi connectivity index (χ1) is 10.7. The molecule has 0 aromatic heterocycles. The van der Waals surface area contributed by atoms with Crippen molar-refractivity contribution >= 4 is 17.5 Å². The van der Waals surface area contributed by atoms with Crippen molar-refractivity contribution in [2.45, 2.75) is 44.6 Å². The number of likely N-dealkylation sites (tertiary alicyclic amines) is 2. The number of hydrogen-bond donors (Lipinski definition) is 0. The van der Waals surface area contributed by atoms with Crippen LogP contribution in [0.4, 0.5) is 0 Å². The molecule has 1 aromatic carbocycles. The van der Waals surface area contributed by atoms with Gasteiger partial charge >= 0.3 is 0 Å². The fraction of sp³-hybridized carbons (Fsp3) is 0.611. The predicted molar refractivity (Wildman–Crippen MR) is 90.2 cm³/mol. The second-order valence-electron chi connectivity index (χ2n) is 6.52. The molecule has 1 aromatic rings. The molecule has 0 N–H and O–H groups in total. The molecule has 0 aliphatic carbocycles. The number of amides is 1. The minimum Gasteiger partial charge on any atom is -0.342 e. The van der Waals surface area contributed by atoms with Crippen LogP contribution in [-0.2, 0) is 11.2 Å². The van der Waals surface area contributed by atoms with Crippen molar-refractivity contribution in [3.63, 3.8) is 0 Å². The monoisotopic (exact) mass is 320 g/mol. The molecular formula is C18H25ClN2O. The summed E-state index contributed by atoms with van der Waals surface area (Å²) in [6.45, 7) is 4.31. The van der Waals surface area contributed by atoms with Crippen molar-refractivity contribution in [3.05, 3.63) is 34.9 Å². The molecule has 2 aliphatic rings. The molecule has 0 spiro atoms. The van der Waals surface area contributed by atoms with E-state index in [4.69, 9.17) is 11.6 Å². The fourth-order valence-corrected chi connectivity index (χ4v) is 3.95. The average Bonchev–Trinajstić information content (AvgIpc) is 2.92. The number of hydrogen-bond acceptors (Lipinski definition) is 2. The van der Waals surface area contributed by atoms with Gasteiger partial charge in [-0.2, -0.15) is 0 Å². The Hall–Kier alpha value is -1.06. The first-order valence-corrected chi connectivity index (χ1v) is 8.86. The van der Waals surface area contributed by atoms with Crippen LogP contribution >= 0.6 is 11.6 Å². The van der Waals surface area contributed by atoms with Gasteiger partial charge in [0.15, 0.2) is 0 Å². The van der Waals surface area contributed by atoms with E-state index in [1.165, 1.54) is 32.4 Å². The van der Waals surface area contributed by atoms with Crippen molar-refractivity contribution < 1.29 is 4.79 Å². The SMILES string of the molecule is O=C(Cc1cccc(Cl)c1)N1CCCC(N2CCCC2)CC1. The zero-order valence-electron chi connectivity index (χ0n) is 13.1. The van der Waals surface area contributed by atoms with Crippen LogP contribution in [0.2, 0.25) is 5.02 Å². The molecule has 2 heterocycles. The van der Waals surface area contributed by atoms with Gasteiger partial charge in [-0.25, -0.2) is 0 Å². The van der Waals surface area contributed by atoms with Gasteiger partial charge in [0.05, 0.1) is 6.42 Å². The van der Waals surface area contributed by atoms with Gasteiger partial charge in [-0.1, -0.05) is 23.7 Å². The molecule has 0 saturated carbocycles. The highest BCUT2D eigenvalue weighted by Crippen LogP contribution is 2.22. The third-order valence-electron chi connectivity index (χ3n) is 4.95. The zero-order chi connectivity index (χ0) is 15.4. The first kappa shape index (κ1) is 15.8. The van der Waals surface area contributed by atoms with E-state index in [9.17, 15) is 4.79 Å². The summed E-state index contributed by atoms with van der Waals surface area (Å²) in [6, 6.07) is 8.32. The summed E-state index contributed by atoms with van der Waals surface area (Å²) in [7, 11) is 0. The number of rotatable bonds is 3. The molecule has 2 aliphatic heterocycles. The van der Waals surface area contributed by atoms with Crippen molar-refractivity contribution in [1.29, 1.82) is 0 Å². The minimum absolute atomic E-state index is 0.240. The fourth-order valence-electron chi connectivity index (χ4n) is 3.73. The minimum atomic E-state index is 0.240. The Morgan fingerprint density at radius 1 is 1.09 bits per heavy atom. The van der Waals surface area contributed by atoms with Crippen LogP contribution in [0, 0.1) is 0 Å². The summed E-state index contributed by atoms with van der Waals surface area (Å²) in [4.78, 5) is 17.2. The maximum Gasteiger partial charge on any atom is 0.226 e. The molecule has 2 fully saturated rings. The summed E-state index contributed by atoms with van der Waals surface area (Å²) < 4.78 is 0. The van der Waals surface area contributed by atoms with E-state index < -0.39 is 0 Å². The van der Waals surface area contributed by atoms with E-state index in [1.807, 2.05) is 24.3 Å². The Labute approximate surface area is 138 Å². The second-order valence-corrected chi connectivity index (χ2v) is 6.95. The summed E-state index contributed by atoms with van der Waals surface area (Å²) in [6.07, 6.45) is 6.64. The van der Waals surface area contributed by atoms with Crippen LogP contribution in [0.25, 0.3) is 0 Å². The maximum atomic E-state index is 12.5. The van der Waals surface area contributed by atoms with E-state index in [1.54, 1.807) is 0 Å². The van der Waals surface area contributed by atoms with Crippen LogP contribution in [0.5, 0.6) is 0 Å². The summed E-state index contributed by atoms with van der Waals surface area (Å²) >= 11 is 6.00. The molecule has 1 amide bonds. The van der Waals surface area contributed by atoms with Crippen molar-refractivity contribution in [2.24, 2.45) is 0 Å². The van der Waals surface area contributed by atoms with Crippen LogP contribution in [0.3, 0.4) is 0 Å². The van der Waals surface area contributed by atoms with Crippen molar-refractivity contribution in [2.75, 3.05) is 26.2 Å². The van der Waals surface area contributed by atoms with Gasteiger partial charge in [0, 0.05) is 24.2 Å². The Morgan fingerprint density at radius 3 is 2.68 bits per heavy atom. The lowest BCUT2D eigenvalue weighted by atomic mass is 10.1. The van der Waals surface area contributed by atoms with Gasteiger partial charge in [0.2, 0.25) is 5.91 Å². The van der Waals surface area contributed by atoms with Gasteiger partial charge in [-0.3, -0.25) is 4.79 Å². The largest absolute Gasteiger partial charge is 0.342 e. The number of nitrogens with zero attached hydrogens (tertiary/aromatic N) is 2. The lowest BCUT2D eigenvalue weighted by Gasteiger charge is -2.26. The van der Waals surface area contributed by atoms with Crippen LogP contribution in [-0.4, -0.2) is 47.9 Å². The van der Waals surface area contributed by atoms with Crippen molar-refractivity contribution in [3.8, 4) is 0 Å². The predicted octanol–water partition coefficient (Wildman–Crippen LogP) is 3.36. The van der Waals surface area contributed by atoms with Crippen LogP contribution in [0.1, 0.15) is 37.7 Å². The Bertz CT molecular complexity index is 514.